The van der Waals surface area contributed by atoms with Crippen molar-refractivity contribution in [3.8, 4) is 0 Å². The van der Waals surface area contributed by atoms with Gasteiger partial charge in [0.05, 0.1) is 0 Å². The van der Waals surface area contributed by atoms with Crippen molar-refractivity contribution in [2.75, 3.05) is 13.1 Å². The van der Waals surface area contributed by atoms with Crippen molar-refractivity contribution in [2.45, 2.75) is 52.9 Å². The Morgan fingerprint density at radius 3 is 2.47 bits per heavy atom. The lowest BCUT2D eigenvalue weighted by Crippen LogP contribution is -2.36. The minimum Gasteiger partial charge on any atom is -0.316 e. The number of hydrogen-bond acceptors (Lipinski definition) is 1. The maximum Gasteiger partial charge on any atom is 0.0438 e. The maximum atomic E-state index is 6.33. The minimum absolute atomic E-state index is 0.344. The van der Waals surface area contributed by atoms with E-state index in [0.29, 0.717) is 5.41 Å². The highest BCUT2D eigenvalue weighted by Gasteiger charge is 2.28. The Morgan fingerprint density at radius 2 is 1.89 bits per heavy atom. The summed E-state index contributed by atoms with van der Waals surface area (Å²) in [7, 11) is 0. The predicted octanol–water partition coefficient (Wildman–Crippen LogP) is 5.08. The number of benzene rings is 1. The molecule has 0 saturated heterocycles. The average molecular weight is 282 g/mol. The molecule has 0 aromatic heterocycles. The second-order valence-corrected chi connectivity index (χ2v) is 5.91. The molecule has 0 bridgehead atoms. The molecule has 1 aromatic rings. The van der Waals surface area contributed by atoms with Gasteiger partial charge in [0.15, 0.2) is 0 Å². The van der Waals surface area contributed by atoms with Crippen LogP contribution in [0.2, 0.25) is 5.02 Å². The van der Waals surface area contributed by atoms with Crippen molar-refractivity contribution < 1.29 is 0 Å². The number of rotatable bonds is 9. The molecule has 2 heteroatoms. The molecule has 0 fully saturated rings. The van der Waals surface area contributed by atoms with Crippen LogP contribution < -0.4 is 5.32 Å². The molecule has 1 unspecified atom stereocenters. The van der Waals surface area contributed by atoms with E-state index in [2.05, 4.69) is 38.2 Å². The van der Waals surface area contributed by atoms with Gasteiger partial charge in [-0.2, -0.15) is 0 Å². The van der Waals surface area contributed by atoms with Crippen molar-refractivity contribution in [1.29, 1.82) is 0 Å². The van der Waals surface area contributed by atoms with Gasteiger partial charge in [-0.1, -0.05) is 63.4 Å². The maximum absolute atomic E-state index is 6.33. The number of unbranched alkanes of at least 4 members (excludes halogenated alkanes) is 1. The molecule has 0 aliphatic rings. The Balaban J connectivity index is 2.85. The van der Waals surface area contributed by atoms with Gasteiger partial charge in [0, 0.05) is 11.6 Å². The van der Waals surface area contributed by atoms with Gasteiger partial charge in [0.1, 0.15) is 0 Å². The zero-order valence-corrected chi connectivity index (χ0v) is 13.4. The number of hydrogen-bond donors (Lipinski definition) is 1. The van der Waals surface area contributed by atoms with Crippen LogP contribution in [0.3, 0.4) is 0 Å². The average Bonchev–Trinajstić information content (AvgIpc) is 2.44. The Hall–Kier alpha value is -0.530. The van der Waals surface area contributed by atoms with Crippen LogP contribution in [0, 0.1) is 5.41 Å². The Morgan fingerprint density at radius 1 is 1.16 bits per heavy atom. The third-order valence-electron chi connectivity index (χ3n) is 4.08. The normalized spacial score (nSPS) is 14.3. The minimum atomic E-state index is 0.344. The molecule has 1 N–H and O–H groups in total. The Labute approximate surface area is 123 Å². The topological polar surface area (TPSA) is 12.0 Å². The van der Waals surface area contributed by atoms with E-state index in [9.17, 15) is 0 Å². The second-order valence-electron chi connectivity index (χ2n) is 5.51. The van der Waals surface area contributed by atoms with Crippen LogP contribution >= 0.6 is 11.6 Å². The number of halogens is 1. The first-order valence-electron chi connectivity index (χ1n) is 7.61. The third-order valence-corrected chi connectivity index (χ3v) is 4.45. The summed E-state index contributed by atoms with van der Waals surface area (Å²) in [5.74, 6) is 0. The summed E-state index contributed by atoms with van der Waals surface area (Å²) in [5.41, 5.74) is 1.64. The predicted molar refractivity (Wildman–Crippen MR) is 85.9 cm³/mol. The molecular weight excluding hydrogens is 254 g/mol. The van der Waals surface area contributed by atoms with Crippen LogP contribution in [-0.2, 0) is 6.42 Å². The summed E-state index contributed by atoms with van der Waals surface area (Å²) in [4.78, 5) is 0. The molecule has 0 spiro atoms. The lowest BCUT2D eigenvalue weighted by atomic mass is 9.75. The summed E-state index contributed by atoms with van der Waals surface area (Å²) >= 11 is 6.33. The van der Waals surface area contributed by atoms with E-state index in [1.54, 1.807) is 0 Å². The zero-order chi connectivity index (χ0) is 14.1. The Kier molecular flexibility index (Phi) is 7.48. The molecular formula is C17H28ClN. The van der Waals surface area contributed by atoms with Crippen molar-refractivity contribution in [3.63, 3.8) is 0 Å². The van der Waals surface area contributed by atoms with Gasteiger partial charge in [0.25, 0.3) is 0 Å². The highest BCUT2D eigenvalue weighted by atomic mass is 35.5. The van der Waals surface area contributed by atoms with Crippen LogP contribution in [-0.4, -0.2) is 13.1 Å². The fourth-order valence-electron chi connectivity index (χ4n) is 2.65. The first kappa shape index (κ1) is 16.5. The van der Waals surface area contributed by atoms with Gasteiger partial charge in [-0.25, -0.2) is 0 Å². The molecule has 0 saturated carbocycles. The van der Waals surface area contributed by atoms with Crippen molar-refractivity contribution in [1.82, 2.24) is 5.32 Å². The van der Waals surface area contributed by atoms with Crippen molar-refractivity contribution >= 4 is 11.6 Å². The fraction of sp³-hybridized carbons (Fsp3) is 0.647. The van der Waals surface area contributed by atoms with E-state index in [-0.39, 0.29) is 0 Å². The van der Waals surface area contributed by atoms with Gasteiger partial charge in [-0.15, -0.1) is 0 Å². The van der Waals surface area contributed by atoms with Gasteiger partial charge in [-0.3, -0.25) is 0 Å². The Bertz CT molecular complexity index is 354. The molecule has 1 rings (SSSR count). The SMILES string of the molecule is CCCCC(CC)(CNCC)Cc1ccccc1Cl. The summed E-state index contributed by atoms with van der Waals surface area (Å²) in [6.07, 6.45) is 6.11. The number of nitrogens with one attached hydrogen (secondary N) is 1. The molecule has 108 valence electrons. The van der Waals surface area contributed by atoms with Crippen LogP contribution in [0.5, 0.6) is 0 Å². The van der Waals surface area contributed by atoms with Crippen molar-refractivity contribution in [2.24, 2.45) is 5.41 Å². The molecule has 19 heavy (non-hydrogen) atoms. The van der Waals surface area contributed by atoms with E-state index >= 15 is 0 Å². The van der Waals surface area contributed by atoms with Gasteiger partial charge < -0.3 is 5.32 Å². The highest BCUT2D eigenvalue weighted by Crippen LogP contribution is 2.34. The van der Waals surface area contributed by atoms with Gasteiger partial charge in [-0.05, 0) is 42.9 Å². The first-order valence-corrected chi connectivity index (χ1v) is 7.99. The molecule has 0 aliphatic carbocycles. The lowest BCUT2D eigenvalue weighted by Gasteiger charge is -2.34. The smallest absolute Gasteiger partial charge is 0.0438 e. The molecule has 0 aliphatic heterocycles. The van der Waals surface area contributed by atoms with E-state index in [4.69, 9.17) is 11.6 Å². The summed E-state index contributed by atoms with van der Waals surface area (Å²) in [5, 5.41) is 4.46. The summed E-state index contributed by atoms with van der Waals surface area (Å²) < 4.78 is 0. The largest absolute Gasteiger partial charge is 0.316 e. The second kappa shape index (κ2) is 8.60. The van der Waals surface area contributed by atoms with Crippen molar-refractivity contribution in [3.05, 3.63) is 34.9 Å². The van der Waals surface area contributed by atoms with Crippen LogP contribution in [0.1, 0.15) is 52.0 Å². The zero-order valence-electron chi connectivity index (χ0n) is 12.6. The highest BCUT2D eigenvalue weighted by molar-refractivity contribution is 6.31. The molecule has 0 heterocycles. The summed E-state index contributed by atoms with van der Waals surface area (Å²) in [6, 6.07) is 8.28. The third kappa shape index (κ3) is 5.16. The molecule has 0 amide bonds. The van der Waals surface area contributed by atoms with Gasteiger partial charge >= 0.3 is 0 Å². The van der Waals surface area contributed by atoms with E-state index in [1.807, 2.05) is 12.1 Å². The molecule has 1 nitrogen and oxygen atoms in total. The van der Waals surface area contributed by atoms with Crippen LogP contribution in [0.25, 0.3) is 0 Å². The van der Waals surface area contributed by atoms with Crippen LogP contribution in [0.15, 0.2) is 24.3 Å². The summed E-state index contributed by atoms with van der Waals surface area (Å²) in [6.45, 7) is 8.88. The van der Waals surface area contributed by atoms with Gasteiger partial charge in [0.2, 0.25) is 0 Å². The monoisotopic (exact) mass is 281 g/mol. The fourth-order valence-corrected chi connectivity index (χ4v) is 2.86. The van der Waals surface area contributed by atoms with E-state index in [0.717, 1.165) is 24.5 Å². The van der Waals surface area contributed by atoms with Crippen LogP contribution in [0.4, 0.5) is 0 Å². The molecule has 1 atom stereocenters. The molecule has 1 aromatic carbocycles. The first-order chi connectivity index (χ1) is 9.17. The van der Waals surface area contributed by atoms with E-state index < -0.39 is 0 Å². The quantitative estimate of drug-likeness (QED) is 0.666. The molecule has 0 radical (unpaired) electrons. The lowest BCUT2D eigenvalue weighted by molar-refractivity contribution is 0.231. The standard InChI is InChI=1S/C17H28ClN/c1-4-7-12-17(5-2,14-19-6-3)13-15-10-8-9-11-16(15)18/h8-11,19H,4-7,12-14H2,1-3H3. The van der Waals surface area contributed by atoms with E-state index in [1.165, 1.54) is 31.2 Å².